The fourth-order valence-corrected chi connectivity index (χ4v) is 5.05. The number of hydrogen-bond donors (Lipinski definition) is 2. The Kier molecular flexibility index (Phi) is 10.3. The lowest BCUT2D eigenvalue weighted by Gasteiger charge is -2.29. The van der Waals surface area contributed by atoms with E-state index in [9.17, 15) is 9.59 Å². The summed E-state index contributed by atoms with van der Waals surface area (Å²) >= 11 is 0. The number of benzene rings is 2. The van der Waals surface area contributed by atoms with E-state index in [1.807, 2.05) is 0 Å². The van der Waals surface area contributed by atoms with Crippen LogP contribution in [0.2, 0.25) is 0 Å². The summed E-state index contributed by atoms with van der Waals surface area (Å²) in [5.41, 5.74) is 8.12. The maximum atomic E-state index is 12.4. The molecule has 2 aliphatic rings. The number of hydroxylamine groups is 2. The van der Waals surface area contributed by atoms with Crippen LogP contribution >= 0.6 is 0 Å². The number of nitrogens with zero attached hydrogens (tertiary/aromatic N) is 2. The molecule has 7 nitrogen and oxygen atoms in total. The molecule has 3 N–H and O–H groups in total. The van der Waals surface area contributed by atoms with Gasteiger partial charge in [0.25, 0.3) is 0 Å². The predicted octanol–water partition coefficient (Wildman–Crippen LogP) is 4.08. The Balaban J connectivity index is 0.000000320. The maximum Gasteiger partial charge on any atom is 0.306 e. The Morgan fingerprint density at radius 3 is 1.86 bits per heavy atom. The first-order valence-electron chi connectivity index (χ1n) is 12.5. The molecule has 0 radical (unpaired) electrons. The van der Waals surface area contributed by atoms with Gasteiger partial charge in [0.15, 0.2) is 0 Å². The van der Waals surface area contributed by atoms with E-state index in [0.717, 1.165) is 45.2 Å². The lowest BCUT2D eigenvalue weighted by molar-refractivity contribution is -0.173. The molecule has 2 aromatic rings. The van der Waals surface area contributed by atoms with Crippen LogP contribution in [0.3, 0.4) is 0 Å². The van der Waals surface area contributed by atoms with Crippen molar-refractivity contribution in [3.8, 4) is 0 Å². The van der Waals surface area contributed by atoms with E-state index in [-0.39, 0.29) is 23.8 Å². The number of hydrogen-bond acceptors (Lipinski definition) is 5. The average molecular weight is 482 g/mol. The SMILES string of the molecule is CON(C)C(=O)C1CC[C@@H](N(Cc2ccccc2)Cc2ccccc2)C1.N[C@@H]1CC[C@H](C(=O)O)C1. The van der Waals surface area contributed by atoms with Crippen molar-refractivity contribution in [2.24, 2.45) is 17.6 Å². The number of amides is 1. The molecule has 4 atom stereocenters. The summed E-state index contributed by atoms with van der Waals surface area (Å²) in [6.45, 7) is 1.81. The van der Waals surface area contributed by atoms with Gasteiger partial charge in [-0.05, 0) is 49.7 Å². The van der Waals surface area contributed by atoms with Gasteiger partial charge >= 0.3 is 5.97 Å². The normalized spacial score (nSPS) is 23.5. The summed E-state index contributed by atoms with van der Waals surface area (Å²) in [7, 11) is 3.24. The van der Waals surface area contributed by atoms with Crippen LogP contribution in [-0.2, 0) is 27.5 Å². The van der Waals surface area contributed by atoms with Crippen LogP contribution in [0.1, 0.15) is 49.7 Å². The van der Waals surface area contributed by atoms with Crippen LogP contribution < -0.4 is 5.73 Å². The zero-order chi connectivity index (χ0) is 25.2. The van der Waals surface area contributed by atoms with Gasteiger partial charge in [-0.3, -0.25) is 19.3 Å². The van der Waals surface area contributed by atoms with Gasteiger partial charge in [0, 0.05) is 38.1 Å². The Morgan fingerprint density at radius 2 is 1.43 bits per heavy atom. The number of aliphatic carboxylic acids is 1. The highest BCUT2D eigenvalue weighted by Crippen LogP contribution is 2.32. The highest BCUT2D eigenvalue weighted by molar-refractivity contribution is 5.77. The van der Waals surface area contributed by atoms with Gasteiger partial charge in [0.1, 0.15) is 0 Å². The number of carbonyl (C=O) groups is 2. The first-order valence-corrected chi connectivity index (χ1v) is 12.5. The number of rotatable bonds is 8. The molecule has 0 aromatic heterocycles. The maximum absolute atomic E-state index is 12.4. The first kappa shape index (κ1) is 26.9. The second kappa shape index (κ2) is 13.4. The summed E-state index contributed by atoms with van der Waals surface area (Å²) in [6.07, 6.45) is 5.17. The second-order valence-electron chi connectivity index (χ2n) is 9.67. The van der Waals surface area contributed by atoms with Crippen LogP contribution in [0.15, 0.2) is 60.7 Å². The van der Waals surface area contributed by atoms with Gasteiger partial charge in [-0.25, -0.2) is 5.06 Å². The summed E-state index contributed by atoms with van der Waals surface area (Å²) in [6, 6.07) is 21.7. The van der Waals surface area contributed by atoms with E-state index < -0.39 is 5.97 Å². The smallest absolute Gasteiger partial charge is 0.306 e. The Labute approximate surface area is 208 Å². The Hall–Kier alpha value is -2.74. The van der Waals surface area contributed by atoms with Gasteiger partial charge < -0.3 is 10.8 Å². The van der Waals surface area contributed by atoms with E-state index in [1.54, 1.807) is 14.2 Å². The average Bonchev–Trinajstić information content (AvgIpc) is 3.54. The molecule has 2 aromatic carbocycles. The van der Waals surface area contributed by atoms with Gasteiger partial charge in [0.2, 0.25) is 5.91 Å². The topological polar surface area (TPSA) is 96.1 Å². The van der Waals surface area contributed by atoms with Crippen LogP contribution in [0.25, 0.3) is 0 Å². The van der Waals surface area contributed by atoms with E-state index in [0.29, 0.717) is 12.5 Å². The molecule has 1 amide bonds. The Morgan fingerprint density at radius 1 is 0.886 bits per heavy atom. The molecule has 2 fully saturated rings. The standard InChI is InChI=1S/C22H28N2O2.C6H11NO2/c1-23(26-2)22(25)20-13-14-21(15-20)24(16-18-9-5-3-6-10-18)17-19-11-7-4-8-12-19;7-5-2-1-4(3-5)6(8)9/h3-12,20-21H,13-17H2,1-2H3;4-5H,1-3,7H2,(H,8,9)/t20?,21-;4-,5+/m10/s1. The minimum absolute atomic E-state index is 0.0546. The molecule has 0 bridgehead atoms. The molecule has 4 rings (SSSR count). The van der Waals surface area contributed by atoms with Crippen molar-refractivity contribution >= 4 is 11.9 Å². The minimum Gasteiger partial charge on any atom is -0.481 e. The van der Waals surface area contributed by atoms with Crippen molar-refractivity contribution in [1.29, 1.82) is 0 Å². The molecule has 2 saturated carbocycles. The quantitative estimate of drug-likeness (QED) is 0.552. The first-order chi connectivity index (χ1) is 16.9. The van der Waals surface area contributed by atoms with Gasteiger partial charge in [-0.2, -0.15) is 0 Å². The van der Waals surface area contributed by atoms with E-state index >= 15 is 0 Å². The molecule has 2 aliphatic carbocycles. The third kappa shape index (κ3) is 8.16. The zero-order valence-corrected chi connectivity index (χ0v) is 20.9. The van der Waals surface area contributed by atoms with Crippen molar-refractivity contribution in [3.63, 3.8) is 0 Å². The highest BCUT2D eigenvalue weighted by Gasteiger charge is 2.35. The molecule has 190 valence electrons. The van der Waals surface area contributed by atoms with E-state index in [4.69, 9.17) is 15.7 Å². The number of carbonyl (C=O) groups excluding carboxylic acids is 1. The van der Waals surface area contributed by atoms with Crippen LogP contribution in [0, 0.1) is 11.8 Å². The number of carboxylic acids is 1. The van der Waals surface area contributed by atoms with Crippen LogP contribution in [0.5, 0.6) is 0 Å². The molecule has 7 heteroatoms. The number of carboxylic acid groups (broad SMARTS) is 1. The van der Waals surface area contributed by atoms with Gasteiger partial charge in [-0.1, -0.05) is 60.7 Å². The zero-order valence-electron chi connectivity index (χ0n) is 20.9. The van der Waals surface area contributed by atoms with E-state index in [2.05, 4.69) is 65.6 Å². The largest absolute Gasteiger partial charge is 0.481 e. The van der Waals surface area contributed by atoms with Crippen molar-refractivity contribution in [2.45, 2.75) is 63.7 Å². The van der Waals surface area contributed by atoms with Crippen molar-refractivity contribution < 1.29 is 19.5 Å². The lowest BCUT2D eigenvalue weighted by Crippen LogP contribution is -2.35. The van der Waals surface area contributed by atoms with Crippen molar-refractivity contribution in [1.82, 2.24) is 9.96 Å². The second-order valence-corrected chi connectivity index (χ2v) is 9.67. The Bertz CT molecular complexity index is 883. The van der Waals surface area contributed by atoms with Gasteiger partial charge in [-0.15, -0.1) is 0 Å². The van der Waals surface area contributed by atoms with Crippen LogP contribution in [0.4, 0.5) is 0 Å². The van der Waals surface area contributed by atoms with Crippen LogP contribution in [-0.4, -0.2) is 53.2 Å². The minimum atomic E-state index is -0.692. The van der Waals surface area contributed by atoms with Crippen molar-refractivity contribution in [2.75, 3.05) is 14.2 Å². The van der Waals surface area contributed by atoms with Crippen molar-refractivity contribution in [3.05, 3.63) is 71.8 Å². The number of nitrogens with two attached hydrogens (primary N) is 1. The molecular formula is C28H39N3O4. The van der Waals surface area contributed by atoms with E-state index in [1.165, 1.54) is 16.2 Å². The summed E-state index contributed by atoms with van der Waals surface area (Å²) in [5, 5.41) is 9.84. The third-order valence-corrected chi connectivity index (χ3v) is 7.13. The molecule has 0 heterocycles. The summed E-state index contributed by atoms with van der Waals surface area (Å²) in [5.74, 6) is -0.712. The summed E-state index contributed by atoms with van der Waals surface area (Å²) in [4.78, 5) is 30.3. The predicted molar refractivity (Wildman–Crippen MR) is 136 cm³/mol. The summed E-state index contributed by atoms with van der Waals surface area (Å²) < 4.78 is 0. The molecule has 0 aliphatic heterocycles. The monoisotopic (exact) mass is 481 g/mol. The molecular weight excluding hydrogens is 442 g/mol. The third-order valence-electron chi connectivity index (χ3n) is 7.13. The van der Waals surface area contributed by atoms with Gasteiger partial charge in [0.05, 0.1) is 13.0 Å². The molecule has 35 heavy (non-hydrogen) atoms. The molecule has 0 saturated heterocycles. The molecule has 0 spiro atoms. The highest BCUT2D eigenvalue weighted by atomic mass is 16.7. The lowest BCUT2D eigenvalue weighted by atomic mass is 10.1. The fraction of sp³-hybridized carbons (Fsp3) is 0.500. The molecule has 1 unspecified atom stereocenters. The fourth-order valence-electron chi connectivity index (χ4n) is 5.05.